The summed E-state index contributed by atoms with van der Waals surface area (Å²) in [7, 11) is 0. The van der Waals surface area contributed by atoms with Crippen LogP contribution < -0.4 is 5.73 Å². The number of hydrogen-bond acceptors (Lipinski definition) is 2. The van der Waals surface area contributed by atoms with Crippen molar-refractivity contribution >= 4 is 17.3 Å². The molecular weight excluding hydrogens is 241 g/mol. The number of aryl methyl sites for hydroxylation is 1. The molecule has 0 bridgehead atoms. The van der Waals surface area contributed by atoms with E-state index in [0.717, 1.165) is 11.4 Å². The molecule has 2 N–H and O–H groups in total. The standard InChI is InChI=1S/C12H13ClFN3/c1-7-12(13)8(2)17(16-7)6-9-10(14)4-3-5-11(9)15/h3-5H,6,15H2,1-2H3. The number of halogens is 2. The molecule has 0 spiro atoms. The first kappa shape index (κ1) is 11.9. The SMILES string of the molecule is Cc1nn(Cc2c(N)cccc2F)c(C)c1Cl. The molecule has 0 aliphatic carbocycles. The summed E-state index contributed by atoms with van der Waals surface area (Å²) >= 11 is 6.04. The topological polar surface area (TPSA) is 43.8 Å². The minimum Gasteiger partial charge on any atom is -0.398 e. The molecular formula is C12H13ClFN3. The Morgan fingerprint density at radius 1 is 1.41 bits per heavy atom. The van der Waals surface area contributed by atoms with Gasteiger partial charge in [0.05, 0.1) is 23.0 Å². The second-order valence-electron chi connectivity index (χ2n) is 3.95. The lowest BCUT2D eigenvalue weighted by Crippen LogP contribution is -2.08. The van der Waals surface area contributed by atoms with E-state index in [2.05, 4.69) is 5.10 Å². The van der Waals surface area contributed by atoms with Crippen LogP contribution in [0.5, 0.6) is 0 Å². The zero-order chi connectivity index (χ0) is 12.6. The van der Waals surface area contributed by atoms with Gasteiger partial charge >= 0.3 is 0 Å². The van der Waals surface area contributed by atoms with Crippen LogP contribution in [0.4, 0.5) is 10.1 Å². The smallest absolute Gasteiger partial charge is 0.130 e. The molecule has 1 heterocycles. The molecule has 0 saturated heterocycles. The molecule has 2 rings (SSSR count). The largest absolute Gasteiger partial charge is 0.398 e. The average molecular weight is 254 g/mol. The Kier molecular flexibility index (Phi) is 3.07. The second kappa shape index (κ2) is 4.37. The molecule has 0 aliphatic rings. The van der Waals surface area contributed by atoms with Crippen LogP contribution >= 0.6 is 11.6 Å². The number of hydrogen-bond donors (Lipinski definition) is 1. The quantitative estimate of drug-likeness (QED) is 0.837. The van der Waals surface area contributed by atoms with Crippen molar-refractivity contribution in [2.45, 2.75) is 20.4 Å². The van der Waals surface area contributed by atoms with Gasteiger partial charge < -0.3 is 5.73 Å². The molecule has 0 aliphatic heterocycles. The summed E-state index contributed by atoms with van der Waals surface area (Å²) in [6.07, 6.45) is 0. The summed E-state index contributed by atoms with van der Waals surface area (Å²) in [5.41, 5.74) is 8.16. The van der Waals surface area contributed by atoms with Crippen molar-refractivity contribution in [1.29, 1.82) is 0 Å². The normalized spacial score (nSPS) is 10.8. The molecule has 0 radical (unpaired) electrons. The minimum absolute atomic E-state index is 0.290. The van der Waals surface area contributed by atoms with E-state index in [9.17, 15) is 4.39 Å². The number of benzene rings is 1. The van der Waals surface area contributed by atoms with Crippen LogP contribution in [0, 0.1) is 19.7 Å². The summed E-state index contributed by atoms with van der Waals surface area (Å²) in [5, 5.41) is 4.86. The van der Waals surface area contributed by atoms with Gasteiger partial charge in [-0.25, -0.2) is 4.39 Å². The lowest BCUT2D eigenvalue weighted by molar-refractivity contribution is 0.580. The first-order valence-corrected chi connectivity index (χ1v) is 5.61. The number of nitrogens with zero attached hydrogens (tertiary/aromatic N) is 2. The molecule has 0 fully saturated rings. The van der Waals surface area contributed by atoms with E-state index in [1.54, 1.807) is 16.8 Å². The maximum atomic E-state index is 13.6. The van der Waals surface area contributed by atoms with Gasteiger partial charge in [0.25, 0.3) is 0 Å². The summed E-state index contributed by atoms with van der Waals surface area (Å²) in [5.74, 6) is -0.325. The van der Waals surface area contributed by atoms with Crippen LogP contribution in [0.2, 0.25) is 5.02 Å². The van der Waals surface area contributed by atoms with E-state index < -0.39 is 0 Å². The zero-order valence-corrected chi connectivity index (χ0v) is 10.4. The van der Waals surface area contributed by atoms with Gasteiger partial charge in [0.15, 0.2) is 0 Å². The Balaban J connectivity index is 2.41. The highest BCUT2D eigenvalue weighted by Crippen LogP contribution is 2.22. The third kappa shape index (κ3) is 2.13. The van der Waals surface area contributed by atoms with Gasteiger partial charge in [-0.05, 0) is 26.0 Å². The molecule has 1 aromatic carbocycles. The van der Waals surface area contributed by atoms with Crippen LogP contribution in [0.1, 0.15) is 17.0 Å². The van der Waals surface area contributed by atoms with Crippen molar-refractivity contribution in [3.8, 4) is 0 Å². The molecule has 0 atom stereocenters. The summed E-state index contributed by atoms with van der Waals surface area (Å²) in [6.45, 7) is 3.95. The van der Waals surface area contributed by atoms with Crippen molar-refractivity contribution in [3.05, 3.63) is 46.0 Å². The van der Waals surface area contributed by atoms with Gasteiger partial charge in [0.2, 0.25) is 0 Å². The summed E-state index contributed by atoms with van der Waals surface area (Å²) in [6, 6.07) is 4.65. The highest BCUT2D eigenvalue weighted by Gasteiger charge is 2.12. The fourth-order valence-electron chi connectivity index (χ4n) is 1.72. The van der Waals surface area contributed by atoms with Gasteiger partial charge in [-0.15, -0.1) is 0 Å². The van der Waals surface area contributed by atoms with Crippen molar-refractivity contribution in [2.24, 2.45) is 0 Å². The predicted octanol–water partition coefficient (Wildman–Crippen LogP) is 2.92. The molecule has 0 saturated carbocycles. The van der Waals surface area contributed by atoms with Gasteiger partial charge in [0, 0.05) is 11.3 Å². The third-order valence-corrected chi connectivity index (χ3v) is 3.30. The van der Waals surface area contributed by atoms with E-state index >= 15 is 0 Å². The van der Waals surface area contributed by atoms with Crippen molar-refractivity contribution < 1.29 is 4.39 Å². The van der Waals surface area contributed by atoms with E-state index in [1.165, 1.54) is 6.07 Å². The van der Waals surface area contributed by atoms with E-state index in [0.29, 0.717) is 16.3 Å². The fraction of sp³-hybridized carbons (Fsp3) is 0.250. The number of nitrogen functional groups attached to an aromatic ring is 1. The highest BCUT2D eigenvalue weighted by atomic mass is 35.5. The molecule has 90 valence electrons. The Morgan fingerprint density at radius 2 is 2.12 bits per heavy atom. The fourth-order valence-corrected chi connectivity index (χ4v) is 1.86. The van der Waals surface area contributed by atoms with Gasteiger partial charge in [0.1, 0.15) is 5.82 Å². The molecule has 5 heteroatoms. The number of aromatic nitrogens is 2. The van der Waals surface area contributed by atoms with E-state index in [4.69, 9.17) is 17.3 Å². The molecule has 0 amide bonds. The highest BCUT2D eigenvalue weighted by molar-refractivity contribution is 6.31. The molecule has 2 aromatic rings. The Bertz CT molecular complexity index is 543. The van der Waals surface area contributed by atoms with Crippen LogP contribution in [-0.4, -0.2) is 9.78 Å². The Hall–Kier alpha value is -1.55. The number of anilines is 1. The lowest BCUT2D eigenvalue weighted by Gasteiger charge is -2.08. The average Bonchev–Trinajstić information content (AvgIpc) is 2.52. The van der Waals surface area contributed by atoms with Gasteiger partial charge in [-0.2, -0.15) is 5.10 Å². The van der Waals surface area contributed by atoms with Crippen molar-refractivity contribution in [2.75, 3.05) is 5.73 Å². The molecule has 17 heavy (non-hydrogen) atoms. The summed E-state index contributed by atoms with van der Waals surface area (Å²) in [4.78, 5) is 0. The third-order valence-electron chi connectivity index (χ3n) is 2.76. The lowest BCUT2D eigenvalue weighted by atomic mass is 10.1. The maximum Gasteiger partial charge on any atom is 0.130 e. The molecule has 1 aromatic heterocycles. The second-order valence-corrected chi connectivity index (χ2v) is 4.33. The van der Waals surface area contributed by atoms with Crippen LogP contribution in [-0.2, 0) is 6.54 Å². The Morgan fingerprint density at radius 3 is 2.65 bits per heavy atom. The minimum atomic E-state index is -0.325. The van der Waals surface area contributed by atoms with Crippen molar-refractivity contribution in [1.82, 2.24) is 9.78 Å². The maximum absolute atomic E-state index is 13.6. The number of rotatable bonds is 2. The van der Waals surface area contributed by atoms with Gasteiger partial charge in [-0.1, -0.05) is 17.7 Å². The van der Waals surface area contributed by atoms with E-state index in [-0.39, 0.29) is 12.4 Å². The van der Waals surface area contributed by atoms with Crippen LogP contribution in [0.25, 0.3) is 0 Å². The van der Waals surface area contributed by atoms with Gasteiger partial charge in [-0.3, -0.25) is 4.68 Å². The van der Waals surface area contributed by atoms with E-state index in [1.807, 2.05) is 13.8 Å². The monoisotopic (exact) mass is 253 g/mol. The zero-order valence-electron chi connectivity index (χ0n) is 9.67. The van der Waals surface area contributed by atoms with Crippen LogP contribution in [0.15, 0.2) is 18.2 Å². The Labute approximate surface area is 104 Å². The van der Waals surface area contributed by atoms with Crippen LogP contribution in [0.3, 0.4) is 0 Å². The van der Waals surface area contributed by atoms with Crippen molar-refractivity contribution in [3.63, 3.8) is 0 Å². The first-order chi connectivity index (χ1) is 8.00. The predicted molar refractivity (Wildman–Crippen MR) is 66.6 cm³/mol. The molecule has 0 unspecified atom stereocenters. The first-order valence-electron chi connectivity index (χ1n) is 5.23. The molecule has 3 nitrogen and oxygen atoms in total. The summed E-state index contributed by atoms with van der Waals surface area (Å²) < 4.78 is 15.3. The number of nitrogens with two attached hydrogens (primary N) is 1.